The molecule has 2 aromatic rings. The van der Waals surface area contributed by atoms with Gasteiger partial charge in [-0.15, -0.1) is 0 Å². The molecule has 2 heterocycles. The third kappa shape index (κ3) is 4.15. The van der Waals surface area contributed by atoms with Crippen LogP contribution in [0.3, 0.4) is 0 Å². The summed E-state index contributed by atoms with van der Waals surface area (Å²) in [5, 5.41) is 0. The Bertz CT molecular complexity index is 740. The molecule has 3 rings (SSSR count). The van der Waals surface area contributed by atoms with Gasteiger partial charge in [-0.25, -0.2) is 4.98 Å². The van der Waals surface area contributed by atoms with E-state index in [4.69, 9.17) is 4.74 Å². The van der Waals surface area contributed by atoms with Crippen molar-refractivity contribution < 1.29 is 9.53 Å². The van der Waals surface area contributed by atoms with Crippen molar-refractivity contribution in [2.24, 2.45) is 0 Å². The average Bonchev–Trinajstić information content (AvgIpc) is 2.69. The zero-order valence-electron chi connectivity index (χ0n) is 15.8. The molecule has 0 spiro atoms. The lowest BCUT2D eigenvalue weighted by atomic mass is 10.1. The molecule has 1 aromatic heterocycles. The molecule has 0 radical (unpaired) electrons. The number of anilines is 1. The van der Waals surface area contributed by atoms with Gasteiger partial charge in [0, 0.05) is 32.4 Å². The molecular weight excluding hydrogens is 326 g/mol. The Labute approximate surface area is 155 Å². The number of nitrogens with zero attached hydrogens (tertiary/aromatic N) is 3. The Morgan fingerprint density at radius 3 is 2.50 bits per heavy atom. The molecule has 1 aromatic carbocycles. The van der Waals surface area contributed by atoms with Gasteiger partial charge in [0.2, 0.25) is 0 Å². The number of hydrogen-bond acceptors (Lipinski definition) is 4. The Kier molecular flexibility index (Phi) is 5.76. The minimum atomic E-state index is -0.432. The maximum atomic E-state index is 12.9. The van der Waals surface area contributed by atoms with E-state index in [-0.39, 0.29) is 5.91 Å². The van der Waals surface area contributed by atoms with Gasteiger partial charge in [-0.3, -0.25) is 4.79 Å². The van der Waals surface area contributed by atoms with Gasteiger partial charge < -0.3 is 14.5 Å². The van der Waals surface area contributed by atoms with Gasteiger partial charge in [-0.2, -0.15) is 0 Å². The fourth-order valence-corrected chi connectivity index (χ4v) is 3.16. The topological polar surface area (TPSA) is 45.7 Å². The number of aryl methyl sites for hydroxylation is 2. The van der Waals surface area contributed by atoms with Gasteiger partial charge in [0.05, 0.1) is 0 Å². The molecule has 0 aliphatic carbocycles. The number of pyridine rings is 1. The standard InChI is InChI=1S/C21H27N3O2/c1-4-19(26-18-9-8-16(2)17(3)15-18)21(25)24-13-11-23(12-14-24)20-7-5-6-10-22-20/h5-10,15,19H,4,11-14H2,1-3H3/t19-/m1/s1. The van der Waals surface area contributed by atoms with Gasteiger partial charge in [-0.05, 0) is 55.7 Å². The molecule has 5 heteroatoms. The number of rotatable bonds is 5. The van der Waals surface area contributed by atoms with Crippen LogP contribution in [0.25, 0.3) is 0 Å². The molecule has 1 amide bonds. The molecule has 0 N–H and O–H groups in total. The van der Waals surface area contributed by atoms with Crippen LogP contribution in [0.1, 0.15) is 24.5 Å². The van der Waals surface area contributed by atoms with Crippen molar-refractivity contribution in [1.29, 1.82) is 0 Å². The largest absolute Gasteiger partial charge is 0.481 e. The van der Waals surface area contributed by atoms with E-state index in [0.717, 1.165) is 24.7 Å². The molecule has 0 saturated carbocycles. The van der Waals surface area contributed by atoms with Crippen LogP contribution in [-0.4, -0.2) is 48.1 Å². The normalized spacial score (nSPS) is 15.7. The number of piperazine rings is 1. The van der Waals surface area contributed by atoms with E-state index in [1.165, 1.54) is 11.1 Å². The van der Waals surface area contributed by atoms with Gasteiger partial charge in [-0.1, -0.05) is 19.1 Å². The van der Waals surface area contributed by atoms with Crippen LogP contribution in [-0.2, 0) is 4.79 Å². The molecule has 0 bridgehead atoms. The van der Waals surface area contributed by atoms with E-state index in [0.29, 0.717) is 19.5 Å². The summed E-state index contributed by atoms with van der Waals surface area (Å²) in [5.41, 5.74) is 2.40. The van der Waals surface area contributed by atoms with Crippen LogP contribution in [0.2, 0.25) is 0 Å². The lowest BCUT2D eigenvalue weighted by molar-refractivity contribution is -0.139. The van der Waals surface area contributed by atoms with Gasteiger partial charge in [0.1, 0.15) is 11.6 Å². The fourth-order valence-electron chi connectivity index (χ4n) is 3.16. The third-order valence-corrected chi connectivity index (χ3v) is 4.97. The first-order valence-corrected chi connectivity index (χ1v) is 9.27. The van der Waals surface area contributed by atoms with E-state index >= 15 is 0 Å². The lowest BCUT2D eigenvalue weighted by Gasteiger charge is -2.36. The maximum Gasteiger partial charge on any atom is 0.263 e. The molecule has 5 nitrogen and oxygen atoms in total. The maximum absolute atomic E-state index is 12.9. The highest BCUT2D eigenvalue weighted by Gasteiger charge is 2.28. The zero-order chi connectivity index (χ0) is 18.5. The highest BCUT2D eigenvalue weighted by molar-refractivity contribution is 5.81. The third-order valence-electron chi connectivity index (χ3n) is 4.97. The van der Waals surface area contributed by atoms with Crippen molar-refractivity contribution in [3.8, 4) is 5.75 Å². The first-order chi connectivity index (χ1) is 12.6. The first-order valence-electron chi connectivity index (χ1n) is 9.27. The van der Waals surface area contributed by atoms with Crippen molar-refractivity contribution in [3.05, 3.63) is 53.7 Å². The quantitative estimate of drug-likeness (QED) is 0.828. The van der Waals surface area contributed by atoms with Crippen LogP contribution in [0, 0.1) is 13.8 Å². The van der Waals surface area contributed by atoms with Crippen LogP contribution >= 0.6 is 0 Å². The van der Waals surface area contributed by atoms with Crippen LogP contribution in [0.4, 0.5) is 5.82 Å². The molecule has 1 saturated heterocycles. The van der Waals surface area contributed by atoms with E-state index in [1.54, 1.807) is 6.20 Å². The predicted molar refractivity (Wildman–Crippen MR) is 104 cm³/mol. The Morgan fingerprint density at radius 1 is 1.12 bits per heavy atom. The second kappa shape index (κ2) is 8.21. The molecule has 1 aliphatic heterocycles. The average molecular weight is 353 g/mol. The van der Waals surface area contributed by atoms with Crippen LogP contribution in [0.5, 0.6) is 5.75 Å². The van der Waals surface area contributed by atoms with Crippen LogP contribution < -0.4 is 9.64 Å². The van der Waals surface area contributed by atoms with Gasteiger partial charge in [0.25, 0.3) is 5.91 Å². The number of amides is 1. The summed E-state index contributed by atoms with van der Waals surface area (Å²) in [7, 11) is 0. The van der Waals surface area contributed by atoms with Gasteiger partial charge in [0.15, 0.2) is 6.10 Å². The number of aromatic nitrogens is 1. The van der Waals surface area contributed by atoms with Crippen molar-refractivity contribution in [2.75, 3.05) is 31.1 Å². The van der Waals surface area contributed by atoms with Crippen molar-refractivity contribution in [1.82, 2.24) is 9.88 Å². The minimum absolute atomic E-state index is 0.0754. The van der Waals surface area contributed by atoms with E-state index < -0.39 is 6.10 Å². The van der Waals surface area contributed by atoms with E-state index in [1.807, 2.05) is 48.2 Å². The van der Waals surface area contributed by atoms with E-state index in [9.17, 15) is 4.79 Å². The molecule has 0 unspecified atom stereocenters. The van der Waals surface area contributed by atoms with Crippen molar-refractivity contribution >= 4 is 11.7 Å². The Hall–Kier alpha value is -2.56. The van der Waals surface area contributed by atoms with E-state index in [2.05, 4.69) is 23.7 Å². The number of ether oxygens (including phenoxy) is 1. The molecular formula is C21H27N3O2. The summed E-state index contributed by atoms with van der Waals surface area (Å²) in [6.45, 7) is 9.11. The predicted octanol–water partition coefficient (Wildman–Crippen LogP) is 3.20. The molecule has 26 heavy (non-hydrogen) atoms. The molecule has 1 fully saturated rings. The second-order valence-corrected chi connectivity index (χ2v) is 6.76. The number of carbonyl (C=O) groups excluding carboxylic acids is 1. The summed E-state index contributed by atoms with van der Waals surface area (Å²) in [5.74, 6) is 1.81. The summed E-state index contributed by atoms with van der Waals surface area (Å²) < 4.78 is 6.01. The summed E-state index contributed by atoms with van der Waals surface area (Å²) in [6.07, 6.45) is 2.03. The molecule has 1 atom stereocenters. The highest BCUT2D eigenvalue weighted by Crippen LogP contribution is 2.20. The summed E-state index contributed by atoms with van der Waals surface area (Å²) >= 11 is 0. The lowest BCUT2D eigenvalue weighted by Crippen LogP contribution is -2.52. The van der Waals surface area contributed by atoms with Gasteiger partial charge >= 0.3 is 0 Å². The summed E-state index contributed by atoms with van der Waals surface area (Å²) in [4.78, 5) is 21.4. The Balaban J connectivity index is 1.60. The second-order valence-electron chi connectivity index (χ2n) is 6.76. The zero-order valence-corrected chi connectivity index (χ0v) is 15.8. The number of carbonyl (C=O) groups is 1. The van der Waals surface area contributed by atoms with Crippen molar-refractivity contribution in [2.45, 2.75) is 33.3 Å². The number of hydrogen-bond donors (Lipinski definition) is 0. The smallest absolute Gasteiger partial charge is 0.263 e. The summed E-state index contributed by atoms with van der Waals surface area (Å²) in [6, 6.07) is 11.9. The highest BCUT2D eigenvalue weighted by atomic mass is 16.5. The Morgan fingerprint density at radius 2 is 1.88 bits per heavy atom. The number of benzene rings is 1. The minimum Gasteiger partial charge on any atom is -0.481 e. The monoisotopic (exact) mass is 353 g/mol. The molecule has 1 aliphatic rings. The molecule has 138 valence electrons. The van der Waals surface area contributed by atoms with Crippen LogP contribution in [0.15, 0.2) is 42.6 Å². The first kappa shape index (κ1) is 18.2. The van der Waals surface area contributed by atoms with Crippen molar-refractivity contribution in [3.63, 3.8) is 0 Å². The fraction of sp³-hybridized carbons (Fsp3) is 0.429. The SMILES string of the molecule is CC[C@@H](Oc1ccc(C)c(C)c1)C(=O)N1CCN(c2ccccn2)CC1.